The molecule has 4 heteroatoms. The molecule has 0 fully saturated rings. The first-order valence-electron chi connectivity index (χ1n) is 7.76. The van der Waals surface area contributed by atoms with E-state index in [1.54, 1.807) is 7.11 Å². The van der Waals surface area contributed by atoms with E-state index in [1.807, 2.05) is 0 Å². The first-order valence-corrected chi connectivity index (χ1v) is 8.17. The fourth-order valence-corrected chi connectivity index (χ4v) is 2.49. The Morgan fingerprint density at radius 1 is 1.33 bits per heavy atom. The zero-order valence-electron chi connectivity index (χ0n) is 13.7. The second-order valence-electron chi connectivity index (χ2n) is 5.41. The van der Waals surface area contributed by atoms with Crippen molar-refractivity contribution in [3.8, 4) is 0 Å². The predicted octanol–water partition coefficient (Wildman–Crippen LogP) is 4.05. The van der Waals surface area contributed by atoms with Crippen LogP contribution < -0.4 is 10.6 Å². The molecule has 0 aliphatic carbocycles. The van der Waals surface area contributed by atoms with Crippen LogP contribution in [0.1, 0.15) is 44.2 Å². The predicted molar refractivity (Wildman–Crippen MR) is 95.1 cm³/mol. The highest BCUT2D eigenvalue weighted by Crippen LogP contribution is 2.18. The molecule has 1 atom stereocenters. The summed E-state index contributed by atoms with van der Waals surface area (Å²) in [5.41, 5.74) is 3.69. The van der Waals surface area contributed by atoms with Crippen LogP contribution in [0.2, 0.25) is 0 Å². The summed E-state index contributed by atoms with van der Waals surface area (Å²) in [5, 5.41) is 7.22. The van der Waals surface area contributed by atoms with E-state index in [4.69, 9.17) is 17.0 Å². The van der Waals surface area contributed by atoms with E-state index in [0.29, 0.717) is 11.7 Å². The number of ether oxygens (including phenoxy) is 1. The Hall–Kier alpha value is -1.13. The first-order chi connectivity index (χ1) is 10.1. The number of nitrogens with one attached hydrogen (secondary N) is 2. The van der Waals surface area contributed by atoms with Crippen LogP contribution in [-0.4, -0.2) is 24.9 Å². The van der Waals surface area contributed by atoms with Gasteiger partial charge in [0.1, 0.15) is 0 Å². The fourth-order valence-electron chi connectivity index (χ4n) is 2.21. The summed E-state index contributed by atoms with van der Waals surface area (Å²) in [6.07, 6.45) is 4.59. The molecule has 0 saturated carbocycles. The molecule has 0 radical (unpaired) electrons. The first kappa shape index (κ1) is 17.9. The average molecular weight is 308 g/mol. The maximum absolute atomic E-state index is 5.38. The molecule has 0 heterocycles. The number of anilines is 1. The van der Waals surface area contributed by atoms with E-state index in [0.717, 1.165) is 18.5 Å². The number of hydrogen-bond donors (Lipinski definition) is 2. The number of thiocarbonyl (C=S) groups is 1. The van der Waals surface area contributed by atoms with E-state index >= 15 is 0 Å². The maximum atomic E-state index is 5.38. The van der Waals surface area contributed by atoms with Gasteiger partial charge in [0.2, 0.25) is 0 Å². The molecule has 0 spiro atoms. The van der Waals surface area contributed by atoms with Crippen LogP contribution in [0.4, 0.5) is 5.69 Å². The van der Waals surface area contributed by atoms with Gasteiger partial charge in [-0.2, -0.15) is 0 Å². The second kappa shape index (κ2) is 9.74. The topological polar surface area (TPSA) is 33.3 Å². The third kappa shape index (κ3) is 6.44. The van der Waals surface area contributed by atoms with Crippen molar-refractivity contribution in [1.82, 2.24) is 5.32 Å². The summed E-state index contributed by atoms with van der Waals surface area (Å²) in [5.74, 6) is 0. The molecule has 0 amide bonds. The van der Waals surface area contributed by atoms with Gasteiger partial charge >= 0.3 is 0 Å². The standard InChI is InChI=1S/C17H28N2OS/c1-5-7-8-14-9-10-16(13(3)11-14)19-17(21)18-15(6-2)12-20-4/h9-11,15H,5-8,12H2,1-4H3,(H2,18,19,21). The highest BCUT2D eigenvalue weighted by molar-refractivity contribution is 7.80. The molecular weight excluding hydrogens is 280 g/mol. The molecule has 1 unspecified atom stereocenters. The van der Waals surface area contributed by atoms with Gasteiger partial charge in [0.05, 0.1) is 12.6 Å². The molecule has 118 valence electrons. The van der Waals surface area contributed by atoms with Gasteiger partial charge in [-0.15, -0.1) is 0 Å². The number of aryl methyl sites for hydroxylation is 2. The van der Waals surface area contributed by atoms with Crippen LogP contribution in [0, 0.1) is 6.92 Å². The van der Waals surface area contributed by atoms with Crippen LogP contribution in [-0.2, 0) is 11.2 Å². The van der Waals surface area contributed by atoms with E-state index in [1.165, 1.54) is 24.0 Å². The average Bonchev–Trinajstić information content (AvgIpc) is 2.47. The summed E-state index contributed by atoms with van der Waals surface area (Å²) in [7, 11) is 1.71. The second-order valence-corrected chi connectivity index (χ2v) is 5.82. The Morgan fingerprint density at radius 2 is 2.10 bits per heavy atom. The zero-order valence-corrected chi connectivity index (χ0v) is 14.5. The van der Waals surface area contributed by atoms with Gasteiger partial charge in [0.15, 0.2) is 5.11 Å². The van der Waals surface area contributed by atoms with Crippen LogP contribution >= 0.6 is 12.2 Å². The lowest BCUT2D eigenvalue weighted by Crippen LogP contribution is -2.40. The lowest BCUT2D eigenvalue weighted by molar-refractivity contribution is 0.172. The SMILES string of the molecule is CCCCc1ccc(NC(=S)NC(CC)COC)c(C)c1. The monoisotopic (exact) mass is 308 g/mol. The molecule has 1 aromatic rings. The lowest BCUT2D eigenvalue weighted by atomic mass is 10.0. The number of rotatable bonds is 8. The Labute approximate surface area is 134 Å². The number of unbranched alkanes of at least 4 members (excludes halogenated alkanes) is 1. The minimum atomic E-state index is 0.249. The van der Waals surface area contributed by atoms with Gasteiger partial charge < -0.3 is 15.4 Å². The van der Waals surface area contributed by atoms with E-state index in [2.05, 4.69) is 49.6 Å². The van der Waals surface area contributed by atoms with Gasteiger partial charge in [0.25, 0.3) is 0 Å². The van der Waals surface area contributed by atoms with Crippen molar-refractivity contribution in [1.29, 1.82) is 0 Å². The van der Waals surface area contributed by atoms with Crippen molar-refractivity contribution in [3.63, 3.8) is 0 Å². The molecule has 0 saturated heterocycles. The van der Waals surface area contributed by atoms with Crippen LogP contribution in [0.25, 0.3) is 0 Å². The molecule has 0 aliphatic rings. The molecule has 0 aliphatic heterocycles. The molecule has 0 bridgehead atoms. The highest BCUT2D eigenvalue weighted by Gasteiger charge is 2.08. The normalized spacial score (nSPS) is 12.0. The van der Waals surface area contributed by atoms with Crippen LogP contribution in [0.5, 0.6) is 0 Å². The Kier molecular flexibility index (Phi) is 8.31. The molecule has 3 nitrogen and oxygen atoms in total. The van der Waals surface area contributed by atoms with Gasteiger partial charge in [-0.25, -0.2) is 0 Å². The minimum absolute atomic E-state index is 0.249. The smallest absolute Gasteiger partial charge is 0.171 e. The summed E-state index contributed by atoms with van der Waals surface area (Å²) in [6.45, 7) is 7.12. The number of hydrogen-bond acceptors (Lipinski definition) is 2. The van der Waals surface area contributed by atoms with Crippen LogP contribution in [0.3, 0.4) is 0 Å². The molecule has 1 aromatic carbocycles. The third-order valence-corrected chi connectivity index (χ3v) is 3.77. The zero-order chi connectivity index (χ0) is 15.7. The van der Waals surface area contributed by atoms with Gasteiger partial charge in [-0.05, 0) is 55.6 Å². The van der Waals surface area contributed by atoms with Crippen molar-refractivity contribution in [2.24, 2.45) is 0 Å². The molecule has 2 N–H and O–H groups in total. The Bertz CT molecular complexity index is 448. The van der Waals surface area contributed by atoms with Crippen molar-refractivity contribution < 1.29 is 4.74 Å². The third-order valence-electron chi connectivity index (χ3n) is 3.55. The largest absolute Gasteiger partial charge is 0.383 e. The lowest BCUT2D eigenvalue weighted by Gasteiger charge is -2.19. The van der Waals surface area contributed by atoms with Gasteiger partial charge in [0, 0.05) is 12.8 Å². The minimum Gasteiger partial charge on any atom is -0.383 e. The molecule has 21 heavy (non-hydrogen) atoms. The van der Waals surface area contributed by atoms with Crippen molar-refractivity contribution in [3.05, 3.63) is 29.3 Å². The number of benzene rings is 1. The van der Waals surface area contributed by atoms with Crippen molar-refractivity contribution >= 4 is 23.0 Å². The number of methoxy groups -OCH3 is 1. The van der Waals surface area contributed by atoms with Gasteiger partial charge in [-0.1, -0.05) is 32.4 Å². The highest BCUT2D eigenvalue weighted by atomic mass is 32.1. The van der Waals surface area contributed by atoms with Crippen LogP contribution in [0.15, 0.2) is 18.2 Å². The molecule has 0 aromatic heterocycles. The summed E-state index contributed by atoms with van der Waals surface area (Å²) < 4.78 is 5.17. The van der Waals surface area contributed by atoms with Crippen molar-refractivity contribution in [2.45, 2.75) is 52.5 Å². The summed E-state index contributed by atoms with van der Waals surface area (Å²) in [6, 6.07) is 6.79. The molecular formula is C17H28N2OS. The van der Waals surface area contributed by atoms with Gasteiger partial charge in [-0.3, -0.25) is 0 Å². The molecule has 1 rings (SSSR count). The quantitative estimate of drug-likeness (QED) is 0.710. The maximum Gasteiger partial charge on any atom is 0.171 e. The summed E-state index contributed by atoms with van der Waals surface area (Å²) >= 11 is 5.38. The Balaban J connectivity index is 2.59. The van der Waals surface area contributed by atoms with E-state index in [9.17, 15) is 0 Å². The fraction of sp³-hybridized carbons (Fsp3) is 0.588. The Morgan fingerprint density at radius 3 is 2.67 bits per heavy atom. The van der Waals surface area contributed by atoms with E-state index < -0.39 is 0 Å². The summed E-state index contributed by atoms with van der Waals surface area (Å²) in [4.78, 5) is 0. The van der Waals surface area contributed by atoms with E-state index in [-0.39, 0.29) is 6.04 Å². The van der Waals surface area contributed by atoms with Crippen molar-refractivity contribution in [2.75, 3.05) is 19.0 Å².